The first-order chi connectivity index (χ1) is 17.6. The number of aryl methyl sites for hydroxylation is 1. The highest BCUT2D eigenvalue weighted by atomic mass is 35.5. The van der Waals surface area contributed by atoms with Gasteiger partial charge in [-0.05, 0) is 37.0 Å². The zero-order valence-electron chi connectivity index (χ0n) is 21.1. The fraction of sp³-hybridized carbons (Fsp3) is 0.433. The number of amides is 1. The van der Waals surface area contributed by atoms with E-state index < -0.39 is 0 Å². The Morgan fingerprint density at radius 2 is 1.64 bits per heavy atom. The number of hydrogen-bond acceptors (Lipinski definition) is 4. The van der Waals surface area contributed by atoms with Crippen LogP contribution in [-0.4, -0.2) is 47.0 Å². The Morgan fingerprint density at radius 1 is 0.944 bits per heavy atom. The molecule has 1 amide bonds. The van der Waals surface area contributed by atoms with Gasteiger partial charge in [-0.3, -0.25) is 4.79 Å². The third-order valence-corrected chi connectivity index (χ3v) is 7.94. The first-order valence-corrected chi connectivity index (χ1v) is 13.6. The Balaban J connectivity index is 1.35. The SMILES string of the molecule is Cc1nc(-c2ccccc2)nc(N2CCN(C(=O)CCC3CCCC3)CC2)c1Cc1ccc(Cl)cc1. The minimum atomic E-state index is 0.312. The van der Waals surface area contributed by atoms with E-state index in [1.165, 1.54) is 31.2 Å². The van der Waals surface area contributed by atoms with Gasteiger partial charge in [0.1, 0.15) is 5.82 Å². The summed E-state index contributed by atoms with van der Waals surface area (Å²) < 4.78 is 0. The minimum absolute atomic E-state index is 0.312. The van der Waals surface area contributed by atoms with Gasteiger partial charge in [-0.25, -0.2) is 9.97 Å². The molecule has 3 aromatic rings. The Morgan fingerprint density at radius 3 is 2.33 bits per heavy atom. The van der Waals surface area contributed by atoms with Crippen LogP contribution in [0.4, 0.5) is 5.82 Å². The molecule has 188 valence electrons. The molecule has 2 aliphatic rings. The molecule has 1 saturated heterocycles. The van der Waals surface area contributed by atoms with Crippen molar-refractivity contribution in [2.24, 2.45) is 5.92 Å². The predicted molar refractivity (Wildman–Crippen MR) is 146 cm³/mol. The summed E-state index contributed by atoms with van der Waals surface area (Å²) in [6, 6.07) is 18.2. The third kappa shape index (κ3) is 5.89. The molecule has 5 nitrogen and oxygen atoms in total. The summed E-state index contributed by atoms with van der Waals surface area (Å²) in [5, 5.41) is 0.736. The first kappa shape index (κ1) is 24.8. The standard InChI is InChI=1S/C30H35ClN4O/c1-22-27(21-24-11-14-26(31)15-12-24)30(33-29(32-22)25-9-3-2-4-10-25)35-19-17-34(18-20-35)28(36)16-13-23-7-5-6-8-23/h2-4,9-12,14-15,23H,5-8,13,16-21H2,1H3. The lowest BCUT2D eigenvalue weighted by Gasteiger charge is -2.37. The van der Waals surface area contributed by atoms with E-state index in [9.17, 15) is 4.79 Å². The maximum Gasteiger partial charge on any atom is 0.222 e. The summed E-state index contributed by atoms with van der Waals surface area (Å²) in [6.45, 7) is 5.13. The van der Waals surface area contributed by atoms with Gasteiger partial charge in [-0.2, -0.15) is 0 Å². The van der Waals surface area contributed by atoms with E-state index >= 15 is 0 Å². The number of carbonyl (C=O) groups is 1. The van der Waals surface area contributed by atoms with E-state index in [0.29, 0.717) is 12.3 Å². The van der Waals surface area contributed by atoms with Crippen molar-refractivity contribution >= 4 is 23.3 Å². The number of carbonyl (C=O) groups excluding carboxylic acids is 1. The monoisotopic (exact) mass is 502 g/mol. The van der Waals surface area contributed by atoms with Gasteiger partial charge in [0.25, 0.3) is 0 Å². The lowest BCUT2D eigenvalue weighted by molar-refractivity contribution is -0.131. The largest absolute Gasteiger partial charge is 0.353 e. The van der Waals surface area contributed by atoms with Crippen LogP contribution in [-0.2, 0) is 11.2 Å². The summed E-state index contributed by atoms with van der Waals surface area (Å²) in [5.74, 6) is 2.80. The van der Waals surface area contributed by atoms with E-state index in [4.69, 9.17) is 21.6 Å². The van der Waals surface area contributed by atoms with Crippen LogP contribution in [0.5, 0.6) is 0 Å². The highest BCUT2D eigenvalue weighted by Gasteiger charge is 2.26. The van der Waals surface area contributed by atoms with Crippen LogP contribution >= 0.6 is 11.6 Å². The van der Waals surface area contributed by atoms with Crippen LogP contribution in [0.15, 0.2) is 54.6 Å². The molecule has 1 aliphatic carbocycles. The smallest absolute Gasteiger partial charge is 0.222 e. The fourth-order valence-corrected chi connectivity index (χ4v) is 5.65. The summed E-state index contributed by atoms with van der Waals surface area (Å²) in [4.78, 5) is 27.3. The van der Waals surface area contributed by atoms with Gasteiger partial charge in [-0.1, -0.05) is 79.7 Å². The molecular weight excluding hydrogens is 468 g/mol. The second-order valence-corrected chi connectivity index (χ2v) is 10.6. The van der Waals surface area contributed by atoms with Crippen molar-refractivity contribution in [3.8, 4) is 11.4 Å². The number of piperazine rings is 1. The first-order valence-electron chi connectivity index (χ1n) is 13.3. The fourth-order valence-electron chi connectivity index (χ4n) is 5.52. The number of benzene rings is 2. The maximum absolute atomic E-state index is 12.9. The topological polar surface area (TPSA) is 49.3 Å². The summed E-state index contributed by atoms with van der Waals surface area (Å²) in [7, 11) is 0. The maximum atomic E-state index is 12.9. The van der Waals surface area contributed by atoms with Gasteiger partial charge in [0.2, 0.25) is 5.91 Å². The second kappa shape index (κ2) is 11.4. The molecule has 0 radical (unpaired) electrons. The molecule has 36 heavy (non-hydrogen) atoms. The Bertz CT molecular complexity index is 1170. The van der Waals surface area contributed by atoms with E-state index in [0.717, 1.165) is 78.4 Å². The average molecular weight is 503 g/mol. The van der Waals surface area contributed by atoms with E-state index in [1.54, 1.807) is 0 Å². The van der Waals surface area contributed by atoms with Crippen LogP contribution in [0.1, 0.15) is 55.3 Å². The Kier molecular flexibility index (Phi) is 7.86. The Labute approximate surface area is 219 Å². The van der Waals surface area contributed by atoms with Crippen LogP contribution in [0.25, 0.3) is 11.4 Å². The summed E-state index contributed by atoms with van der Waals surface area (Å²) >= 11 is 6.12. The molecule has 1 aromatic heterocycles. The van der Waals surface area contributed by atoms with Gasteiger partial charge < -0.3 is 9.80 Å². The van der Waals surface area contributed by atoms with E-state index in [2.05, 4.69) is 41.0 Å². The molecule has 1 aliphatic heterocycles. The lowest BCUT2D eigenvalue weighted by atomic mass is 10.0. The third-order valence-electron chi connectivity index (χ3n) is 7.69. The molecule has 0 unspecified atom stereocenters. The van der Waals surface area contributed by atoms with Crippen LogP contribution in [0.2, 0.25) is 5.02 Å². The van der Waals surface area contributed by atoms with Crippen molar-refractivity contribution in [2.75, 3.05) is 31.1 Å². The van der Waals surface area contributed by atoms with Gasteiger partial charge >= 0.3 is 0 Å². The molecule has 0 bridgehead atoms. The molecule has 6 heteroatoms. The zero-order chi connectivity index (χ0) is 24.9. The number of aromatic nitrogens is 2. The van der Waals surface area contributed by atoms with Crippen molar-refractivity contribution in [2.45, 2.75) is 51.9 Å². The Hall–Kier alpha value is -2.92. The highest BCUT2D eigenvalue weighted by molar-refractivity contribution is 6.30. The average Bonchev–Trinajstić information content (AvgIpc) is 3.44. The highest BCUT2D eigenvalue weighted by Crippen LogP contribution is 2.30. The predicted octanol–water partition coefficient (Wildman–Crippen LogP) is 6.32. The summed E-state index contributed by atoms with van der Waals surface area (Å²) in [5.41, 5.74) is 4.32. The quantitative estimate of drug-likeness (QED) is 0.379. The van der Waals surface area contributed by atoms with Crippen molar-refractivity contribution < 1.29 is 4.79 Å². The molecule has 2 aromatic carbocycles. The number of halogens is 1. The number of anilines is 1. The van der Waals surface area contributed by atoms with Crippen LogP contribution in [0.3, 0.4) is 0 Å². The van der Waals surface area contributed by atoms with Gasteiger partial charge in [-0.15, -0.1) is 0 Å². The van der Waals surface area contributed by atoms with E-state index in [-0.39, 0.29) is 0 Å². The second-order valence-electron chi connectivity index (χ2n) is 10.2. The van der Waals surface area contributed by atoms with Crippen molar-refractivity contribution in [3.63, 3.8) is 0 Å². The van der Waals surface area contributed by atoms with Gasteiger partial charge in [0.05, 0.1) is 0 Å². The molecule has 0 atom stereocenters. The van der Waals surface area contributed by atoms with Gasteiger partial charge in [0.15, 0.2) is 5.82 Å². The van der Waals surface area contributed by atoms with Crippen molar-refractivity contribution in [1.29, 1.82) is 0 Å². The zero-order valence-corrected chi connectivity index (χ0v) is 21.9. The van der Waals surface area contributed by atoms with Crippen molar-refractivity contribution in [1.82, 2.24) is 14.9 Å². The molecule has 2 fully saturated rings. The molecule has 5 rings (SSSR count). The minimum Gasteiger partial charge on any atom is -0.353 e. The molecular formula is C30H35ClN4O. The molecule has 2 heterocycles. The molecule has 0 spiro atoms. The number of rotatable bonds is 7. The molecule has 0 N–H and O–H groups in total. The normalized spacial score (nSPS) is 16.5. The summed E-state index contributed by atoms with van der Waals surface area (Å²) in [6.07, 6.45) is 7.75. The van der Waals surface area contributed by atoms with Crippen LogP contribution in [0, 0.1) is 12.8 Å². The number of nitrogens with zero attached hydrogens (tertiary/aromatic N) is 4. The van der Waals surface area contributed by atoms with E-state index in [1.807, 2.05) is 30.3 Å². The van der Waals surface area contributed by atoms with Gasteiger partial charge in [0, 0.05) is 60.9 Å². The molecule has 1 saturated carbocycles. The lowest BCUT2D eigenvalue weighted by Crippen LogP contribution is -2.49. The van der Waals surface area contributed by atoms with Crippen molar-refractivity contribution in [3.05, 3.63) is 76.4 Å². The number of hydrogen-bond donors (Lipinski definition) is 0. The van der Waals surface area contributed by atoms with Crippen LogP contribution < -0.4 is 4.90 Å².